The SMILES string of the molecule is CC(C)(C)OC(=O)NC1CCCN(Cc2ccc(F)cc2)C1. The standard InChI is InChI=1S/C17H25FN2O2/c1-17(2,3)22-16(21)19-15-5-4-10-20(12-15)11-13-6-8-14(18)9-7-13/h6-9,15H,4-5,10-12H2,1-3H3,(H,19,21). The van der Waals surface area contributed by atoms with Crippen molar-refractivity contribution in [2.75, 3.05) is 13.1 Å². The zero-order valence-corrected chi connectivity index (χ0v) is 13.6. The third kappa shape index (κ3) is 5.64. The Bertz CT molecular complexity index is 496. The molecule has 1 atom stereocenters. The van der Waals surface area contributed by atoms with Crippen molar-refractivity contribution in [1.82, 2.24) is 10.2 Å². The molecule has 0 bridgehead atoms. The smallest absolute Gasteiger partial charge is 0.407 e. The van der Waals surface area contributed by atoms with Crippen LogP contribution in [0.15, 0.2) is 24.3 Å². The second kappa shape index (κ2) is 7.09. The number of rotatable bonds is 3. The lowest BCUT2D eigenvalue weighted by Gasteiger charge is -2.33. The lowest BCUT2D eigenvalue weighted by atomic mass is 10.0. The first-order valence-corrected chi connectivity index (χ1v) is 7.78. The monoisotopic (exact) mass is 308 g/mol. The van der Waals surface area contributed by atoms with Gasteiger partial charge in [-0.25, -0.2) is 9.18 Å². The minimum absolute atomic E-state index is 0.101. The molecular formula is C17H25FN2O2. The molecule has 1 aliphatic rings. The highest BCUT2D eigenvalue weighted by Crippen LogP contribution is 2.15. The third-order valence-electron chi connectivity index (χ3n) is 3.55. The molecule has 1 aromatic rings. The second-order valence-electron chi connectivity index (χ2n) is 6.85. The Morgan fingerprint density at radius 3 is 2.68 bits per heavy atom. The van der Waals surface area contributed by atoms with Crippen LogP contribution >= 0.6 is 0 Å². The zero-order valence-electron chi connectivity index (χ0n) is 13.6. The van der Waals surface area contributed by atoms with Crippen molar-refractivity contribution in [3.63, 3.8) is 0 Å². The van der Waals surface area contributed by atoms with E-state index in [2.05, 4.69) is 10.2 Å². The van der Waals surface area contributed by atoms with Gasteiger partial charge in [0, 0.05) is 19.1 Å². The summed E-state index contributed by atoms with van der Waals surface area (Å²) < 4.78 is 18.2. The maximum absolute atomic E-state index is 12.9. The first-order valence-electron chi connectivity index (χ1n) is 7.78. The van der Waals surface area contributed by atoms with Crippen molar-refractivity contribution in [1.29, 1.82) is 0 Å². The molecule has 1 fully saturated rings. The van der Waals surface area contributed by atoms with Crippen molar-refractivity contribution in [3.05, 3.63) is 35.6 Å². The van der Waals surface area contributed by atoms with Gasteiger partial charge in [-0.2, -0.15) is 0 Å². The molecule has 122 valence electrons. The molecule has 1 aliphatic heterocycles. The van der Waals surface area contributed by atoms with E-state index < -0.39 is 5.60 Å². The number of carbonyl (C=O) groups is 1. The number of halogens is 1. The third-order valence-corrected chi connectivity index (χ3v) is 3.55. The Hall–Kier alpha value is -1.62. The molecule has 4 nitrogen and oxygen atoms in total. The molecule has 1 unspecified atom stereocenters. The minimum Gasteiger partial charge on any atom is -0.444 e. The van der Waals surface area contributed by atoms with Crippen LogP contribution in [0.1, 0.15) is 39.2 Å². The van der Waals surface area contributed by atoms with Gasteiger partial charge in [-0.1, -0.05) is 12.1 Å². The zero-order chi connectivity index (χ0) is 16.2. The molecule has 1 amide bonds. The van der Waals surface area contributed by atoms with Gasteiger partial charge in [-0.15, -0.1) is 0 Å². The molecule has 1 N–H and O–H groups in total. The van der Waals surface area contributed by atoms with E-state index in [1.54, 1.807) is 12.1 Å². The van der Waals surface area contributed by atoms with E-state index in [9.17, 15) is 9.18 Å². The summed E-state index contributed by atoms with van der Waals surface area (Å²) in [6, 6.07) is 6.68. The molecule has 22 heavy (non-hydrogen) atoms. The van der Waals surface area contributed by atoms with Crippen molar-refractivity contribution in [2.24, 2.45) is 0 Å². The van der Waals surface area contributed by atoms with Crippen LogP contribution in [-0.2, 0) is 11.3 Å². The number of alkyl carbamates (subject to hydrolysis) is 1. The van der Waals surface area contributed by atoms with Crippen LogP contribution in [0.5, 0.6) is 0 Å². The number of amides is 1. The van der Waals surface area contributed by atoms with Crippen molar-refractivity contribution >= 4 is 6.09 Å². The van der Waals surface area contributed by atoms with Gasteiger partial charge in [0.1, 0.15) is 11.4 Å². The van der Waals surface area contributed by atoms with Crippen molar-refractivity contribution in [3.8, 4) is 0 Å². The first-order chi connectivity index (χ1) is 10.3. The van der Waals surface area contributed by atoms with Crippen LogP contribution in [0.25, 0.3) is 0 Å². The van der Waals surface area contributed by atoms with Gasteiger partial charge in [0.2, 0.25) is 0 Å². The van der Waals surface area contributed by atoms with Gasteiger partial charge in [0.05, 0.1) is 0 Å². The van der Waals surface area contributed by atoms with Crippen molar-refractivity contribution in [2.45, 2.75) is 51.8 Å². The predicted molar refractivity (Wildman–Crippen MR) is 84.1 cm³/mol. The molecule has 5 heteroatoms. The number of likely N-dealkylation sites (tertiary alicyclic amines) is 1. The fourth-order valence-corrected chi connectivity index (χ4v) is 2.64. The van der Waals surface area contributed by atoms with E-state index in [1.807, 2.05) is 20.8 Å². The maximum atomic E-state index is 12.9. The Balaban J connectivity index is 1.83. The highest BCUT2D eigenvalue weighted by atomic mass is 19.1. The van der Waals surface area contributed by atoms with Gasteiger partial charge in [0.25, 0.3) is 0 Å². The summed E-state index contributed by atoms with van der Waals surface area (Å²) >= 11 is 0. The van der Waals surface area contributed by atoms with Crippen LogP contribution in [0.4, 0.5) is 9.18 Å². The van der Waals surface area contributed by atoms with E-state index in [4.69, 9.17) is 4.74 Å². The normalized spacial score (nSPS) is 19.7. The molecule has 0 aromatic heterocycles. The van der Waals surface area contributed by atoms with E-state index in [0.29, 0.717) is 0 Å². The average molecular weight is 308 g/mol. The molecule has 0 spiro atoms. The van der Waals surface area contributed by atoms with Crippen LogP contribution in [0.2, 0.25) is 0 Å². The fourth-order valence-electron chi connectivity index (χ4n) is 2.64. The lowest BCUT2D eigenvalue weighted by Crippen LogP contribution is -2.48. The summed E-state index contributed by atoms with van der Waals surface area (Å²) in [6.07, 6.45) is 1.63. The van der Waals surface area contributed by atoms with Gasteiger partial charge >= 0.3 is 6.09 Å². The van der Waals surface area contributed by atoms with Crippen LogP contribution in [0, 0.1) is 5.82 Å². The largest absolute Gasteiger partial charge is 0.444 e. The number of nitrogens with zero attached hydrogens (tertiary/aromatic N) is 1. The minimum atomic E-state index is -0.480. The van der Waals surface area contributed by atoms with Gasteiger partial charge in [-0.05, 0) is 57.9 Å². The molecule has 1 heterocycles. The van der Waals surface area contributed by atoms with Crippen LogP contribution in [0.3, 0.4) is 0 Å². The van der Waals surface area contributed by atoms with Gasteiger partial charge in [0.15, 0.2) is 0 Å². The Morgan fingerprint density at radius 2 is 2.05 bits per heavy atom. The molecule has 0 saturated carbocycles. The van der Waals surface area contributed by atoms with Crippen LogP contribution in [-0.4, -0.2) is 35.7 Å². The number of hydrogen-bond acceptors (Lipinski definition) is 3. The number of piperidine rings is 1. The second-order valence-corrected chi connectivity index (χ2v) is 6.85. The molecular weight excluding hydrogens is 283 g/mol. The van der Waals surface area contributed by atoms with Crippen LogP contribution < -0.4 is 5.32 Å². The molecule has 2 rings (SSSR count). The molecule has 1 saturated heterocycles. The molecule has 1 aromatic carbocycles. The van der Waals surface area contributed by atoms with Gasteiger partial charge < -0.3 is 10.1 Å². The number of carbonyl (C=O) groups excluding carboxylic acids is 1. The Labute approximate surface area is 131 Å². The summed E-state index contributed by atoms with van der Waals surface area (Å²) in [5.41, 5.74) is 0.603. The van der Waals surface area contributed by atoms with E-state index in [1.165, 1.54) is 12.1 Å². The number of nitrogens with one attached hydrogen (secondary N) is 1. The number of benzene rings is 1. The number of hydrogen-bond donors (Lipinski definition) is 1. The number of ether oxygens (including phenoxy) is 1. The Kier molecular flexibility index (Phi) is 5.40. The van der Waals surface area contributed by atoms with E-state index >= 15 is 0 Å². The highest BCUT2D eigenvalue weighted by Gasteiger charge is 2.24. The summed E-state index contributed by atoms with van der Waals surface area (Å²) in [7, 11) is 0. The summed E-state index contributed by atoms with van der Waals surface area (Å²) in [5.74, 6) is -0.216. The Morgan fingerprint density at radius 1 is 1.36 bits per heavy atom. The summed E-state index contributed by atoms with van der Waals surface area (Å²) in [4.78, 5) is 14.1. The average Bonchev–Trinajstić information content (AvgIpc) is 2.39. The topological polar surface area (TPSA) is 41.6 Å². The molecule has 0 radical (unpaired) electrons. The summed E-state index contributed by atoms with van der Waals surface area (Å²) in [5, 5.41) is 2.94. The lowest BCUT2D eigenvalue weighted by molar-refractivity contribution is 0.0470. The van der Waals surface area contributed by atoms with Gasteiger partial charge in [-0.3, -0.25) is 4.90 Å². The summed E-state index contributed by atoms with van der Waals surface area (Å²) in [6.45, 7) is 8.12. The quantitative estimate of drug-likeness (QED) is 0.931. The van der Waals surface area contributed by atoms with E-state index in [-0.39, 0.29) is 18.0 Å². The first kappa shape index (κ1) is 16.7. The maximum Gasteiger partial charge on any atom is 0.407 e. The highest BCUT2D eigenvalue weighted by molar-refractivity contribution is 5.68. The van der Waals surface area contributed by atoms with E-state index in [0.717, 1.165) is 38.0 Å². The fraction of sp³-hybridized carbons (Fsp3) is 0.588. The van der Waals surface area contributed by atoms with Crippen molar-refractivity contribution < 1.29 is 13.9 Å². The predicted octanol–water partition coefficient (Wildman–Crippen LogP) is 3.31. The molecule has 0 aliphatic carbocycles.